The first kappa shape index (κ1) is 32.2. The number of aromatic nitrogens is 1. The average Bonchev–Trinajstić information content (AvgIpc) is 3.42. The predicted molar refractivity (Wildman–Crippen MR) is 177 cm³/mol. The third-order valence-corrected chi connectivity index (χ3v) is 10.6. The number of hydrogen-bond donors (Lipinski definition) is 5. The lowest BCUT2D eigenvalue weighted by molar-refractivity contribution is 0.0746. The van der Waals surface area contributed by atoms with Gasteiger partial charge in [0.05, 0.1) is 39.0 Å². The maximum atomic E-state index is 14.7. The molecule has 0 bridgehead atoms. The van der Waals surface area contributed by atoms with Crippen LogP contribution in [0, 0.1) is 0 Å². The number of phenolic OH excluding ortho intramolecular Hbond substituents is 3. The molecule has 47 heavy (non-hydrogen) atoms. The summed E-state index contributed by atoms with van der Waals surface area (Å²) in [4.78, 5) is 73.2. The van der Waals surface area contributed by atoms with Gasteiger partial charge in [-0.1, -0.05) is 32.1 Å². The van der Waals surface area contributed by atoms with Crippen LogP contribution in [-0.2, 0) is 5.41 Å². The Morgan fingerprint density at radius 3 is 2.02 bits per heavy atom. The van der Waals surface area contributed by atoms with Gasteiger partial charge in [0.25, 0.3) is 5.56 Å². The Labute approximate surface area is 272 Å². The first-order valence-corrected chi connectivity index (χ1v) is 16.2. The van der Waals surface area contributed by atoms with E-state index in [2.05, 4.69) is 9.88 Å². The van der Waals surface area contributed by atoms with Crippen LogP contribution in [0.25, 0.3) is 16.8 Å². The van der Waals surface area contributed by atoms with Crippen molar-refractivity contribution in [2.24, 2.45) is 0 Å². The van der Waals surface area contributed by atoms with Gasteiger partial charge >= 0.3 is 0 Å². The SMILES string of the molecule is C/C=C/C=C/c1cc2cc3c(c(O)c2c(=O)[nH]1)C1(C(=O)c2c(O)c4c(c(O)c2C1=O)C(=O)C=CC4=O)C(SCCN(CC)CC)C3O. The quantitative estimate of drug-likeness (QED) is 0.134. The summed E-state index contributed by atoms with van der Waals surface area (Å²) in [5.41, 5.74) is -5.64. The van der Waals surface area contributed by atoms with Gasteiger partial charge in [-0.2, -0.15) is 11.8 Å². The standard InChI is InChI=1S/C35H32N2O9S/c1-4-7-8-9-17-14-16-15-18-26(30(43)21(16)34(46)36-17)35(33(27(18)40)47-13-12-37(5-2)6-3)31(44)24-25(32(35)45)29(42)23-20(39)11-10-19(38)22(23)28(24)41/h4,7-11,14-15,27,33,40-43H,5-6,12-13H2,1-3H3,(H,36,46)/b7-4+,9-8+. The molecule has 2 unspecified atom stereocenters. The molecule has 3 aliphatic carbocycles. The second kappa shape index (κ2) is 11.8. The first-order valence-electron chi connectivity index (χ1n) is 15.2. The number of benzene rings is 2. The van der Waals surface area contributed by atoms with E-state index in [1.54, 1.807) is 30.4 Å². The minimum Gasteiger partial charge on any atom is -0.507 e. The second-order valence-corrected chi connectivity index (χ2v) is 12.8. The third kappa shape index (κ3) is 4.46. The molecule has 0 aliphatic heterocycles. The molecular weight excluding hydrogens is 624 g/mol. The number of nitrogens with zero attached hydrogens (tertiary/aromatic N) is 1. The molecular formula is C35H32N2O9S. The van der Waals surface area contributed by atoms with Crippen molar-refractivity contribution in [3.05, 3.63) is 91.9 Å². The largest absolute Gasteiger partial charge is 0.507 e. The fourth-order valence-electron chi connectivity index (χ4n) is 7.02. The van der Waals surface area contributed by atoms with Crippen LogP contribution in [0.1, 0.15) is 85.1 Å². The van der Waals surface area contributed by atoms with Crippen LogP contribution in [0.2, 0.25) is 0 Å². The van der Waals surface area contributed by atoms with E-state index in [-0.39, 0.29) is 21.9 Å². The van der Waals surface area contributed by atoms with Crippen molar-refractivity contribution in [3.8, 4) is 17.2 Å². The highest BCUT2D eigenvalue weighted by atomic mass is 32.2. The number of aromatic hydroxyl groups is 3. The summed E-state index contributed by atoms with van der Waals surface area (Å²) in [6.07, 6.45) is 7.15. The number of H-pyrrole nitrogens is 1. The summed E-state index contributed by atoms with van der Waals surface area (Å²) in [5.74, 6) is -6.11. The normalized spacial score (nSPS) is 19.7. The summed E-state index contributed by atoms with van der Waals surface area (Å²) < 4.78 is 0. The number of pyridine rings is 1. The number of rotatable bonds is 8. The van der Waals surface area contributed by atoms with Gasteiger partial charge in [0.2, 0.25) is 0 Å². The average molecular weight is 657 g/mol. The van der Waals surface area contributed by atoms with E-state index < -0.39 is 85.0 Å². The summed E-state index contributed by atoms with van der Waals surface area (Å²) >= 11 is 1.10. The molecule has 0 saturated carbocycles. The van der Waals surface area contributed by atoms with Crippen LogP contribution in [0.3, 0.4) is 0 Å². The molecule has 1 aromatic heterocycles. The first-order chi connectivity index (χ1) is 22.4. The number of phenols is 3. The van der Waals surface area contributed by atoms with Crippen LogP contribution in [0.5, 0.6) is 17.2 Å². The molecule has 0 radical (unpaired) electrons. The minimum atomic E-state index is -2.42. The monoisotopic (exact) mass is 656 g/mol. The van der Waals surface area contributed by atoms with Gasteiger partial charge in [0.15, 0.2) is 23.1 Å². The zero-order valence-corrected chi connectivity index (χ0v) is 26.6. The summed E-state index contributed by atoms with van der Waals surface area (Å²) in [7, 11) is 0. The van der Waals surface area contributed by atoms with Crippen molar-refractivity contribution in [1.29, 1.82) is 0 Å². The zero-order valence-electron chi connectivity index (χ0n) is 25.8. The fraction of sp³-hybridized carbons (Fsp3) is 0.286. The number of aliphatic hydroxyl groups is 1. The van der Waals surface area contributed by atoms with Gasteiger partial charge in [-0.15, -0.1) is 0 Å². The van der Waals surface area contributed by atoms with Gasteiger partial charge in [-0.05, 0) is 61.3 Å². The molecule has 0 saturated heterocycles. The number of ketones is 4. The number of carbonyl (C=O) groups is 4. The van der Waals surface area contributed by atoms with E-state index in [9.17, 15) is 44.4 Å². The number of aliphatic hydroxyl groups excluding tert-OH is 1. The maximum Gasteiger partial charge on any atom is 0.260 e. The van der Waals surface area contributed by atoms with Crippen LogP contribution >= 0.6 is 11.8 Å². The molecule has 12 heteroatoms. The maximum absolute atomic E-state index is 14.7. The van der Waals surface area contributed by atoms with E-state index in [1.165, 1.54) is 6.07 Å². The number of allylic oxidation sites excluding steroid dienone is 5. The van der Waals surface area contributed by atoms with E-state index in [1.807, 2.05) is 20.8 Å². The lowest BCUT2D eigenvalue weighted by atomic mass is 9.75. The number of thioether (sulfide) groups is 1. The van der Waals surface area contributed by atoms with Crippen molar-refractivity contribution in [3.63, 3.8) is 0 Å². The van der Waals surface area contributed by atoms with Crippen molar-refractivity contribution in [2.45, 2.75) is 37.5 Å². The molecule has 6 rings (SSSR count). The van der Waals surface area contributed by atoms with E-state index in [0.29, 0.717) is 18.0 Å². The molecule has 3 aromatic rings. The fourth-order valence-corrected chi connectivity index (χ4v) is 8.55. The number of carbonyl (C=O) groups excluding carboxylic acids is 4. The highest BCUT2D eigenvalue weighted by Gasteiger charge is 2.68. The lowest BCUT2D eigenvalue weighted by Gasteiger charge is -2.31. The Hall–Kier alpha value is -4.78. The van der Waals surface area contributed by atoms with Gasteiger partial charge in [-0.25, -0.2) is 0 Å². The smallest absolute Gasteiger partial charge is 0.260 e. The molecule has 3 aliphatic rings. The lowest BCUT2D eigenvalue weighted by Crippen LogP contribution is -2.46. The second-order valence-electron chi connectivity index (χ2n) is 11.6. The number of fused-ring (bicyclic) bond motifs is 5. The summed E-state index contributed by atoms with van der Waals surface area (Å²) in [6, 6.07) is 3.04. The van der Waals surface area contributed by atoms with Crippen LogP contribution in [0.15, 0.2) is 47.3 Å². The molecule has 2 aromatic carbocycles. The van der Waals surface area contributed by atoms with Crippen molar-refractivity contribution in [2.75, 3.05) is 25.4 Å². The molecule has 5 N–H and O–H groups in total. The highest BCUT2D eigenvalue weighted by molar-refractivity contribution is 8.00. The van der Waals surface area contributed by atoms with Gasteiger partial charge in [-0.3, -0.25) is 24.0 Å². The van der Waals surface area contributed by atoms with Crippen molar-refractivity contribution >= 4 is 51.7 Å². The van der Waals surface area contributed by atoms with E-state index in [0.717, 1.165) is 37.0 Å². The number of aromatic amines is 1. The summed E-state index contributed by atoms with van der Waals surface area (Å²) in [6.45, 7) is 7.75. The Balaban J connectivity index is 1.63. The van der Waals surface area contributed by atoms with Gasteiger partial charge in [0.1, 0.15) is 22.7 Å². The van der Waals surface area contributed by atoms with E-state index >= 15 is 0 Å². The van der Waals surface area contributed by atoms with Crippen LogP contribution < -0.4 is 5.56 Å². The Morgan fingerprint density at radius 1 is 0.872 bits per heavy atom. The Morgan fingerprint density at radius 2 is 1.47 bits per heavy atom. The summed E-state index contributed by atoms with van der Waals surface area (Å²) in [5, 5.41) is 45.1. The number of Topliss-reactive ketones (excluding diaryl/α,β-unsaturated/α-hetero) is 2. The van der Waals surface area contributed by atoms with Crippen LogP contribution in [-0.4, -0.2) is 84.1 Å². The van der Waals surface area contributed by atoms with E-state index in [4.69, 9.17) is 0 Å². The van der Waals surface area contributed by atoms with Gasteiger partial charge in [0, 0.05) is 23.6 Å². The Bertz CT molecular complexity index is 2010. The van der Waals surface area contributed by atoms with Crippen molar-refractivity contribution in [1.82, 2.24) is 9.88 Å². The third-order valence-electron chi connectivity index (χ3n) is 9.26. The van der Waals surface area contributed by atoms with Gasteiger partial charge < -0.3 is 30.3 Å². The molecule has 242 valence electrons. The predicted octanol–water partition coefficient (Wildman–Crippen LogP) is 3.98. The molecule has 0 amide bonds. The number of nitrogens with one attached hydrogen (secondary N) is 1. The highest BCUT2D eigenvalue weighted by Crippen LogP contribution is 2.62. The molecule has 1 heterocycles. The number of hydrogen-bond acceptors (Lipinski definition) is 11. The molecule has 1 spiro atoms. The molecule has 0 fully saturated rings. The topological polar surface area (TPSA) is 185 Å². The minimum absolute atomic E-state index is 0.0244. The Kier molecular flexibility index (Phi) is 8.07. The van der Waals surface area contributed by atoms with Crippen molar-refractivity contribution < 1.29 is 39.6 Å². The molecule has 11 nitrogen and oxygen atoms in total. The van der Waals surface area contributed by atoms with Crippen LogP contribution in [0.4, 0.5) is 0 Å². The molecule has 2 atom stereocenters. The zero-order chi connectivity index (χ0) is 33.9.